The van der Waals surface area contributed by atoms with Crippen LogP contribution in [0.4, 0.5) is 4.79 Å². The number of amides is 2. The number of hydrogen-bond acceptors (Lipinski definition) is 5. The predicted octanol–water partition coefficient (Wildman–Crippen LogP) is 5.06. The fraction of sp³-hybridized carbons (Fsp3) is 0.200. The molecular weight excluding hydrogens is 410 g/mol. The van der Waals surface area contributed by atoms with Crippen LogP contribution in [0.5, 0.6) is 11.5 Å². The summed E-state index contributed by atoms with van der Waals surface area (Å²) in [6.07, 6.45) is 9.28. The zero-order valence-electron chi connectivity index (χ0n) is 17.3. The van der Waals surface area contributed by atoms with E-state index in [1.54, 1.807) is 12.2 Å². The number of thioether (sulfide) groups is 1. The van der Waals surface area contributed by atoms with Crippen molar-refractivity contribution in [3.63, 3.8) is 0 Å². The molecule has 0 atom stereocenters. The van der Waals surface area contributed by atoms with Crippen molar-refractivity contribution in [3.8, 4) is 23.8 Å². The Balaban J connectivity index is 1.95. The zero-order valence-corrected chi connectivity index (χ0v) is 18.1. The molecule has 2 amide bonds. The van der Waals surface area contributed by atoms with E-state index in [0.29, 0.717) is 36.0 Å². The fourth-order valence-electron chi connectivity index (χ4n) is 3.11. The van der Waals surface area contributed by atoms with Crippen molar-refractivity contribution in [2.45, 2.75) is 20.0 Å². The van der Waals surface area contributed by atoms with E-state index < -0.39 is 0 Å². The summed E-state index contributed by atoms with van der Waals surface area (Å²) in [5.41, 5.74) is 2.66. The van der Waals surface area contributed by atoms with Crippen LogP contribution < -0.4 is 9.47 Å². The van der Waals surface area contributed by atoms with Gasteiger partial charge in [0, 0.05) is 5.56 Å². The maximum atomic E-state index is 12.5. The maximum absolute atomic E-state index is 12.5. The molecular formula is C25H23NO4S. The first-order valence-corrected chi connectivity index (χ1v) is 10.6. The number of allylic oxidation sites excluding steroid dienone is 1. The van der Waals surface area contributed by atoms with Crippen LogP contribution in [0.15, 0.2) is 60.0 Å². The number of terminal acetylenes is 1. The molecule has 1 aliphatic heterocycles. The van der Waals surface area contributed by atoms with Gasteiger partial charge in [-0.1, -0.05) is 42.3 Å². The molecule has 1 aliphatic rings. The van der Waals surface area contributed by atoms with E-state index in [2.05, 4.69) is 12.5 Å². The standard InChI is InChI=1S/C25H23NO4S/c1-4-10-20-14-19(16-22-24(27)26(13-5-2)25(28)31-22)15-21(29-6-3)23(20)30-17-18-11-8-7-9-12-18/h2,4,7-9,11-12,14-16H,1,6,10,13,17H2,3H3/b22-16+. The highest BCUT2D eigenvalue weighted by Crippen LogP contribution is 2.37. The summed E-state index contributed by atoms with van der Waals surface area (Å²) in [6.45, 7) is 6.54. The molecule has 1 saturated heterocycles. The minimum Gasteiger partial charge on any atom is -0.490 e. The molecule has 0 N–H and O–H groups in total. The Hall–Kier alpha value is -3.43. The van der Waals surface area contributed by atoms with Crippen LogP contribution in [0.2, 0.25) is 0 Å². The molecule has 2 aromatic rings. The molecule has 6 heteroatoms. The highest BCUT2D eigenvalue weighted by molar-refractivity contribution is 8.18. The van der Waals surface area contributed by atoms with Crippen LogP contribution in [0.3, 0.4) is 0 Å². The van der Waals surface area contributed by atoms with E-state index >= 15 is 0 Å². The van der Waals surface area contributed by atoms with Crippen LogP contribution in [-0.2, 0) is 17.8 Å². The molecule has 0 spiro atoms. The van der Waals surface area contributed by atoms with Gasteiger partial charge in [0.05, 0.1) is 18.1 Å². The predicted molar refractivity (Wildman–Crippen MR) is 124 cm³/mol. The van der Waals surface area contributed by atoms with Crippen LogP contribution in [-0.4, -0.2) is 29.2 Å². The van der Waals surface area contributed by atoms with Gasteiger partial charge in [0.15, 0.2) is 11.5 Å². The number of benzene rings is 2. The van der Waals surface area contributed by atoms with E-state index in [1.807, 2.05) is 49.4 Å². The van der Waals surface area contributed by atoms with Crippen molar-refractivity contribution in [2.24, 2.45) is 0 Å². The third-order valence-corrected chi connectivity index (χ3v) is 5.37. The molecule has 0 unspecified atom stereocenters. The van der Waals surface area contributed by atoms with Gasteiger partial charge in [-0.2, -0.15) is 0 Å². The summed E-state index contributed by atoms with van der Waals surface area (Å²) in [5, 5.41) is -0.367. The van der Waals surface area contributed by atoms with Crippen molar-refractivity contribution < 1.29 is 19.1 Å². The summed E-state index contributed by atoms with van der Waals surface area (Å²) < 4.78 is 12.0. The summed E-state index contributed by atoms with van der Waals surface area (Å²) in [4.78, 5) is 25.9. The number of nitrogens with zero attached hydrogens (tertiary/aromatic N) is 1. The van der Waals surface area contributed by atoms with E-state index in [9.17, 15) is 9.59 Å². The SMILES string of the molecule is C#CCN1C(=O)S/C(=C/c2cc(CC=C)c(OCc3ccccc3)c(OCC)c2)C1=O. The van der Waals surface area contributed by atoms with Crippen LogP contribution in [0, 0.1) is 12.3 Å². The molecule has 31 heavy (non-hydrogen) atoms. The highest BCUT2D eigenvalue weighted by Gasteiger charge is 2.34. The van der Waals surface area contributed by atoms with Crippen LogP contribution >= 0.6 is 11.8 Å². The molecule has 3 rings (SSSR count). The van der Waals surface area contributed by atoms with Gasteiger partial charge in [0.2, 0.25) is 0 Å². The Morgan fingerprint density at radius 1 is 1.19 bits per heavy atom. The van der Waals surface area contributed by atoms with Gasteiger partial charge in [-0.05, 0) is 54.4 Å². The van der Waals surface area contributed by atoms with Crippen LogP contribution in [0.1, 0.15) is 23.6 Å². The van der Waals surface area contributed by atoms with Crippen molar-refractivity contribution in [1.29, 1.82) is 0 Å². The molecule has 1 heterocycles. The van der Waals surface area contributed by atoms with Gasteiger partial charge in [-0.25, -0.2) is 0 Å². The Morgan fingerprint density at radius 2 is 1.97 bits per heavy atom. The van der Waals surface area contributed by atoms with Gasteiger partial charge >= 0.3 is 0 Å². The molecule has 0 aliphatic carbocycles. The molecule has 1 fully saturated rings. The lowest BCUT2D eigenvalue weighted by Gasteiger charge is -2.17. The van der Waals surface area contributed by atoms with E-state index in [-0.39, 0.29) is 17.7 Å². The number of rotatable bonds is 9. The summed E-state index contributed by atoms with van der Waals surface area (Å²) in [6, 6.07) is 13.6. The molecule has 5 nitrogen and oxygen atoms in total. The van der Waals surface area contributed by atoms with Gasteiger partial charge < -0.3 is 9.47 Å². The second kappa shape index (κ2) is 10.6. The number of carbonyl (C=O) groups is 2. The highest BCUT2D eigenvalue weighted by atomic mass is 32.2. The third-order valence-electron chi connectivity index (χ3n) is 4.46. The van der Waals surface area contributed by atoms with Crippen molar-refractivity contribution >= 4 is 29.0 Å². The van der Waals surface area contributed by atoms with E-state index in [0.717, 1.165) is 33.4 Å². The molecule has 0 bridgehead atoms. The van der Waals surface area contributed by atoms with E-state index in [1.165, 1.54) is 0 Å². The monoisotopic (exact) mass is 433 g/mol. The van der Waals surface area contributed by atoms with Crippen molar-refractivity contribution in [2.75, 3.05) is 13.2 Å². The Kier molecular flexibility index (Phi) is 7.58. The first kappa shape index (κ1) is 22.3. The number of hydrogen-bond donors (Lipinski definition) is 0. The molecule has 0 radical (unpaired) electrons. The van der Waals surface area contributed by atoms with Crippen LogP contribution in [0.25, 0.3) is 6.08 Å². The van der Waals surface area contributed by atoms with Gasteiger partial charge in [-0.15, -0.1) is 13.0 Å². The summed E-state index contributed by atoms with van der Waals surface area (Å²) >= 11 is 0.877. The van der Waals surface area contributed by atoms with Gasteiger partial charge in [-0.3, -0.25) is 14.5 Å². The second-order valence-corrected chi connectivity index (χ2v) is 7.67. The van der Waals surface area contributed by atoms with Gasteiger partial charge in [0.1, 0.15) is 6.61 Å². The Bertz CT molecular complexity index is 1050. The zero-order chi connectivity index (χ0) is 22.2. The minimum atomic E-state index is -0.388. The lowest BCUT2D eigenvalue weighted by Crippen LogP contribution is -2.28. The van der Waals surface area contributed by atoms with Crippen molar-refractivity contribution in [3.05, 3.63) is 76.7 Å². The first-order valence-electron chi connectivity index (χ1n) is 9.83. The van der Waals surface area contributed by atoms with E-state index in [4.69, 9.17) is 15.9 Å². The number of carbonyl (C=O) groups excluding carboxylic acids is 2. The quantitative estimate of drug-likeness (QED) is 0.314. The summed E-state index contributed by atoms with van der Waals surface area (Å²) in [5.74, 6) is 3.17. The average molecular weight is 434 g/mol. The Labute approximate surface area is 186 Å². The maximum Gasteiger partial charge on any atom is 0.294 e. The average Bonchev–Trinajstić information content (AvgIpc) is 3.02. The minimum absolute atomic E-state index is 0.0415. The first-order chi connectivity index (χ1) is 15.1. The largest absolute Gasteiger partial charge is 0.490 e. The smallest absolute Gasteiger partial charge is 0.294 e. The number of ether oxygens (including phenoxy) is 2. The second-order valence-electron chi connectivity index (χ2n) is 6.68. The Morgan fingerprint density at radius 3 is 2.65 bits per heavy atom. The third kappa shape index (κ3) is 5.39. The molecule has 0 aromatic heterocycles. The lowest BCUT2D eigenvalue weighted by atomic mass is 10.0. The normalized spacial score (nSPS) is 14.6. The lowest BCUT2D eigenvalue weighted by molar-refractivity contribution is -0.122. The fourth-order valence-corrected chi connectivity index (χ4v) is 3.95. The van der Waals surface area contributed by atoms with Crippen molar-refractivity contribution in [1.82, 2.24) is 4.90 Å². The molecule has 158 valence electrons. The van der Waals surface area contributed by atoms with Gasteiger partial charge in [0.25, 0.3) is 11.1 Å². The summed E-state index contributed by atoms with van der Waals surface area (Å²) in [7, 11) is 0. The molecule has 2 aromatic carbocycles. The molecule has 0 saturated carbocycles. The topological polar surface area (TPSA) is 55.8 Å². The number of imide groups is 1.